The van der Waals surface area contributed by atoms with Crippen molar-refractivity contribution >= 4 is 28.2 Å². The number of nitrogen functional groups attached to an aromatic ring is 1. The number of hydrogen-bond acceptors (Lipinski definition) is 3. The molecule has 22 heavy (non-hydrogen) atoms. The lowest BCUT2D eigenvalue weighted by molar-refractivity contribution is 0.619. The van der Waals surface area contributed by atoms with Crippen molar-refractivity contribution in [2.24, 2.45) is 0 Å². The molecule has 0 unspecified atom stereocenters. The highest BCUT2D eigenvalue weighted by Gasteiger charge is 2.12. The van der Waals surface area contributed by atoms with Gasteiger partial charge >= 0.3 is 0 Å². The van der Waals surface area contributed by atoms with Crippen LogP contribution in [0.5, 0.6) is 0 Å². The fraction of sp³-hybridized carbons (Fsp3) is 0. The van der Waals surface area contributed by atoms with Gasteiger partial charge in [0.2, 0.25) is 0 Å². The van der Waals surface area contributed by atoms with Crippen LogP contribution in [0.4, 0.5) is 10.1 Å². The Morgan fingerprint density at radius 2 is 2.00 bits per heavy atom. The number of hydrogen-bond donors (Lipinski definition) is 1. The lowest BCUT2D eigenvalue weighted by Crippen LogP contribution is -2.08. The van der Waals surface area contributed by atoms with Crippen LogP contribution in [0.2, 0.25) is 5.02 Å². The Morgan fingerprint density at radius 1 is 1.23 bits per heavy atom. The first-order valence-corrected chi connectivity index (χ1v) is 6.69. The highest BCUT2D eigenvalue weighted by Crippen LogP contribution is 2.25. The molecule has 3 rings (SSSR count). The predicted octanol–water partition coefficient (Wildman–Crippen LogP) is 3.24. The van der Waals surface area contributed by atoms with Gasteiger partial charge in [0.15, 0.2) is 5.43 Å². The summed E-state index contributed by atoms with van der Waals surface area (Å²) in [4.78, 5) is 11.9. The van der Waals surface area contributed by atoms with Crippen molar-refractivity contribution in [3.8, 4) is 11.8 Å². The van der Waals surface area contributed by atoms with E-state index >= 15 is 0 Å². The smallest absolute Gasteiger partial charge is 0.189 e. The van der Waals surface area contributed by atoms with Gasteiger partial charge in [-0.2, -0.15) is 5.26 Å². The van der Waals surface area contributed by atoms with Crippen LogP contribution in [0.25, 0.3) is 16.6 Å². The Morgan fingerprint density at radius 3 is 2.73 bits per heavy atom. The van der Waals surface area contributed by atoms with Gasteiger partial charge in [0, 0.05) is 22.7 Å². The molecule has 2 N–H and O–H groups in total. The first-order chi connectivity index (χ1) is 10.5. The van der Waals surface area contributed by atoms with E-state index in [-0.39, 0.29) is 22.4 Å². The number of fused-ring (bicyclic) bond motifs is 1. The zero-order chi connectivity index (χ0) is 15.9. The Balaban J connectivity index is 2.39. The quantitative estimate of drug-likeness (QED) is 0.701. The Hall–Kier alpha value is -2.84. The zero-order valence-electron chi connectivity index (χ0n) is 11.2. The summed E-state index contributed by atoms with van der Waals surface area (Å²) >= 11 is 5.97. The maximum absolute atomic E-state index is 14.3. The van der Waals surface area contributed by atoms with Gasteiger partial charge < -0.3 is 10.3 Å². The molecule has 4 nitrogen and oxygen atoms in total. The highest BCUT2D eigenvalue weighted by molar-refractivity contribution is 6.31. The van der Waals surface area contributed by atoms with Crippen molar-refractivity contribution in [3.05, 3.63) is 69.2 Å². The van der Waals surface area contributed by atoms with Crippen molar-refractivity contribution in [2.75, 3.05) is 5.73 Å². The molecule has 6 heteroatoms. The fourth-order valence-corrected chi connectivity index (χ4v) is 2.46. The van der Waals surface area contributed by atoms with Crippen molar-refractivity contribution in [3.63, 3.8) is 0 Å². The van der Waals surface area contributed by atoms with Crippen LogP contribution in [0.1, 0.15) is 5.56 Å². The molecule has 0 bridgehead atoms. The van der Waals surface area contributed by atoms with E-state index in [1.54, 1.807) is 18.2 Å². The van der Waals surface area contributed by atoms with E-state index in [4.69, 9.17) is 22.6 Å². The van der Waals surface area contributed by atoms with Crippen LogP contribution in [0.3, 0.4) is 0 Å². The molecule has 0 aliphatic carbocycles. The van der Waals surface area contributed by atoms with E-state index in [0.29, 0.717) is 15.9 Å². The molecule has 3 aromatic rings. The van der Waals surface area contributed by atoms with Gasteiger partial charge in [-0.05, 0) is 30.3 Å². The molecule has 0 fully saturated rings. The number of nitriles is 1. The second kappa shape index (κ2) is 5.17. The largest absolute Gasteiger partial charge is 0.398 e. The summed E-state index contributed by atoms with van der Waals surface area (Å²) < 4.78 is 15.8. The number of pyridine rings is 1. The molecule has 0 saturated carbocycles. The van der Waals surface area contributed by atoms with Gasteiger partial charge in [-0.1, -0.05) is 11.6 Å². The lowest BCUT2D eigenvalue weighted by atomic mass is 10.1. The number of halogens is 2. The molecule has 1 aromatic heterocycles. The van der Waals surface area contributed by atoms with Gasteiger partial charge in [0.25, 0.3) is 0 Å². The van der Waals surface area contributed by atoms with Crippen molar-refractivity contribution in [2.45, 2.75) is 0 Å². The molecule has 0 spiro atoms. The summed E-state index contributed by atoms with van der Waals surface area (Å²) in [5.74, 6) is -0.615. The molecule has 2 aromatic carbocycles. The highest BCUT2D eigenvalue weighted by atomic mass is 35.5. The standard InChI is InChI=1S/C16H9ClFN3O/c17-10-1-2-11-14(6-10)21(4-3-16(11)22)15-7-13(20)9(8-19)5-12(15)18/h1-7H,20H2. The first-order valence-electron chi connectivity index (χ1n) is 6.31. The summed E-state index contributed by atoms with van der Waals surface area (Å²) in [6, 6.07) is 10.3. The van der Waals surface area contributed by atoms with E-state index in [1.165, 1.54) is 22.9 Å². The third-order valence-electron chi connectivity index (χ3n) is 3.36. The van der Waals surface area contributed by atoms with Crippen LogP contribution < -0.4 is 11.2 Å². The van der Waals surface area contributed by atoms with Crippen molar-refractivity contribution in [1.82, 2.24) is 4.57 Å². The number of anilines is 1. The summed E-state index contributed by atoms with van der Waals surface area (Å²) in [5, 5.41) is 9.72. The van der Waals surface area contributed by atoms with Gasteiger partial charge in [-0.15, -0.1) is 0 Å². The third kappa shape index (κ3) is 2.20. The normalized spacial score (nSPS) is 10.6. The van der Waals surface area contributed by atoms with Crippen LogP contribution in [-0.2, 0) is 0 Å². The predicted molar refractivity (Wildman–Crippen MR) is 83.6 cm³/mol. The molecule has 0 aliphatic rings. The monoisotopic (exact) mass is 313 g/mol. The Labute approximate surface area is 129 Å². The molecule has 108 valence electrons. The number of nitrogens with zero attached hydrogens (tertiary/aromatic N) is 2. The summed E-state index contributed by atoms with van der Waals surface area (Å²) in [5.41, 5.74) is 6.39. The second-order valence-corrected chi connectivity index (χ2v) is 5.15. The topological polar surface area (TPSA) is 71.8 Å². The van der Waals surface area contributed by atoms with E-state index < -0.39 is 5.82 Å². The third-order valence-corrected chi connectivity index (χ3v) is 3.59. The average molecular weight is 314 g/mol. The van der Waals surface area contributed by atoms with Gasteiger partial charge in [-0.3, -0.25) is 4.79 Å². The van der Waals surface area contributed by atoms with E-state index in [1.807, 2.05) is 6.07 Å². The summed E-state index contributed by atoms with van der Waals surface area (Å²) in [6.07, 6.45) is 1.45. The molecule has 0 atom stereocenters. The minimum Gasteiger partial charge on any atom is -0.398 e. The first kappa shape index (κ1) is 14.1. The van der Waals surface area contributed by atoms with Gasteiger partial charge in [0.05, 0.1) is 22.5 Å². The Bertz CT molecular complexity index is 1000. The Kier molecular flexibility index (Phi) is 3.32. The molecule has 0 amide bonds. The SMILES string of the molecule is N#Cc1cc(F)c(-n2ccc(=O)c3ccc(Cl)cc32)cc1N. The van der Waals surface area contributed by atoms with Crippen molar-refractivity contribution in [1.29, 1.82) is 5.26 Å². The van der Waals surface area contributed by atoms with Crippen LogP contribution in [0.15, 0.2) is 47.4 Å². The minimum absolute atomic E-state index is 0.0598. The zero-order valence-corrected chi connectivity index (χ0v) is 11.9. The maximum Gasteiger partial charge on any atom is 0.189 e. The van der Waals surface area contributed by atoms with Crippen molar-refractivity contribution < 1.29 is 4.39 Å². The summed E-state index contributed by atoms with van der Waals surface area (Å²) in [6.45, 7) is 0. The molecule has 0 aliphatic heterocycles. The van der Waals surface area contributed by atoms with Crippen LogP contribution >= 0.6 is 11.6 Å². The second-order valence-electron chi connectivity index (χ2n) is 4.71. The average Bonchev–Trinajstić information content (AvgIpc) is 2.50. The molecule has 1 heterocycles. The summed E-state index contributed by atoms with van der Waals surface area (Å²) in [7, 11) is 0. The van der Waals surface area contributed by atoms with Gasteiger partial charge in [-0.25, -0.2) is 4.39 Å². The van der Waals surface area contributed by atoms with Gasteiger partial charge in [0.1, 0.15) is 11.9 Å². The lowest BCUT2D eigenvalue weighted by Gasteiger charge is -2.13. The van der Waals surface area contributed by atoms with E-state index in [0.717, 1.165) is 6.07 Å². The number of rotatable bonds is 1. The number of nitrogens with two attached hydrogens (primary N) is 1. The minimum atomic E-state index is -0.615. The van der Waals surface area contributed by atoms with E-state index in [9.17, 15) is 9.18 Å². The molecule has 0 radical (unpaired) electrons. The number of benzene rings is 2. The van der Waals surface area contributed by atoms with E-state index in [2.05, 4.69) is 0 Å². The molecule has 0 saturated heterocycles. The molecular weight excluding hydrogens is 305 g/mol. The number of aromatic nitrogens is 1. The fourth-order valence-electron chi connectivity index (χ4n) is 2.29. The van der Waals surface area contributed by atoms with Crippen LogP contribution in [0, 0.1) is 17.1 Å². The molecular formula is C16H9ClFN3O. The van der Waals surface area contributed by atoms with Crippen LogP contribution in [-0.4, -0.2) is 4.57 Å². The maximum atomic E-state index is 14.3.